The maximum atomic E-state index is 14.5. The molecule has 2 heterocycles. The first-order valence-corrected chi connectivity index (χ1v) is 17.8. The van der Waals surface area contributed by atoms with Crippen LogP contribution >= 0.6 is 0 Å². The fourth-order valence-electron chi connectivity index (χ4n) is 6.78. The van der Waals surface area contributed by atoms with E-state index in [1.165, 1.54) is 16.3 Å². The van der Waals surface area contributed by atoms with Crippen molar-refractivity contribution in [1.29, 1.82) is 0 Å². The molecule has 0 unspecified atom stereocenters. The highest BCUT2D eigenvalue weighted by molar-refractivity contribution is 5.90. The second-order valence-corrected chi connectivity index (χ2v) is 13.4. The van der Waals surface area contributed by atoms with Gasteiger partial charge in [-0.25, -0.2) is 4.79 Å². The maximum Gasteiger partial charge on any atom is 0.490 e. The fourth-order valence-corrected chi connectivity index (χ4v) is 6.78. The number of hydrogen-bond donors (Lipinski definition) is 5. The number of nitrogens with two attached hydrogens (primary N) is 2. The van der Waals surface area contributed by atoms with E-state index in [1.54, 1.807) is 0 Å². The zero-order chi connectivity index (χ0) is 38.7. The van der Waals surface area contributed by atoms with Crippen LogP contribution in [0.2, 0.25) is 0 Å². The molecule has 0 aromatic heterocycles. The van der Waals surface area contributed by atoms with Gasteiger partial charge in [0.25, 0.3) is 0 Å². The van der Waals surface area contributed by atoms with E-state index in [2.05, 4.69) is 58.1 Å². The largest absolute Gasteiger partial charge is 0.490 e. The van der Waals surface area contributed by atoms with Crippen molar-refractivity contribution in [1.82, 2.24) is 15.5 Å². The number of nitrogens with zero attached hydrogens (tertiary/aromatic N) is 2. The van der Waals surface area contributed by atoms with Crippen LogP contribution in [0.15, 0.2) is 102 Å². The van der Waals surface area contributed by atoms with Gasteiger partial charge < -0.3 is 36.8 Å². The predicted octanol–water partition coefficient (Wildman–Crippen LogP) is 4.45. The van der Waals surface area contributed by atoms with Crippen molar-refractivity contribution >= 4 is 34.5 Å². The highest BCUT2D eigenvalue weighted by Crippen LogP contribution is 2.27. The monoisotopic (exact) mass is 746 g/mol. The number of nitrogens with one attached hydrogen (secondary N) is 2. The fraction of sp³-hybridized carbons (Fsp3) is 0.350. The van der Waals surface area contributed by atoms with E-state index >= 15 is 0 Å². The number of carbonyl (C=O) groups excluding carboxylic acids is 2. The minimum atomic E-state index is -5.08. The third kappa shape index (κ3) is 11.3. The molecule has 1 saturated heterocycles. The number of likely N-dealkylation sites (tertiary alicyclic amines) is 1. The second-order valence-electron chi connectivity index (χ2n) is 13.4. The first-order valence-electron chi connectivity index (χ1n) is 17.8. The first kappa shape index (κ1) is 39.7. The van der Waals surface area contributed by atoms with Crippen LogP contribution in [0.25, 0.3) is 10.8 Å². The number of benzene rings is 4. The molecule has 4 aromatic carbocycles. The zero-order valence-corrected chi connectivity index (χ0v) is 29.7. The average molecular weight is 747 g/mol. The van der Waals surface area contributed by atoms with Crippen molar-refractivity contribution in [2.24, 2.45) is 16.5 Å². The summed E-state index contributed by atoms with van der Waals surface area (Å²) in [5.41, 5.74) is 15.6. The number of alkyl halides is 3. The van der Waals surface area contributed by atoms with Gasteiger partial charge in [0.1, 0.15) is 6.04 Å². The Morgan fingerprint density at radius 1 is 0.926 bits per heavy atom. The summed E-state index contributed by atoms with van der Waals surface area (Å²) in [5.74, 6) is -2.96. The molecule has 0 radical (unpaired) electrons. The quantitative estimate of drug-likeness (QED) is 0.0804. The standard InChI is InChI=1S/C38H44N6O3.C2HF3O2/c39-38(40)41-18-8-15-32-22-33(47-25-27-16-17-28-11-4-5-12-29(28)19-27)24-44(32)37(46)35(20-26-9-2-1-3-10-26)43-36(45)34-21-30-13-6-7-14-31(30)23-42-34;3-2(4,5)1(6)7/h1-7,9-14,16-17,19,32-35,42H,8,15,18,20-25H2,(H,43,45)(H4,39,40,41);(H,6,7)/t32-,33-,34-,35+;/m0./s1. The van der Waals surface area contributed by atoms with E-state index in [4.69, 9.17) is 26.1 Å². The highest BCUT2D eigenvalue weighted by atomic mass is 19.4. The Labute approximate surface area is 311 Å². The summed E-state index contributed by atoms with van der Waals surface area (Å²) < 4.78 is 38.2. The molecule has 286 valence electrons. The number of guanidine groups is 1. The lowest BCUT2D eigenvalue weighted by atomic mass is 9.95. The van der Waals surface area contributed by atoms with Crippen LogP contribution in [0.3, 0.4) is 0 Å². The Balaban J connectivity index is 0.000000730. The number of rotatable bonds is 12. The normalized spacial score (nSPS) is 18.5. The van der Waals surface area contributed by atoms with Gasteiger partial charge in [-0.05, 0) is 64.8 Å². The summed E-state index contributed by atoms with van der Waals surface area (Å²) in [5, 5.41) is 16.0. The summed E-state index contributed by atoms with van der Waals surface area (Å²) in [4.78, 5) is 43.1. The molecule has 2 aliphatic rings. The Morgan fingerprint density at radius 3 is 2.30 bits per heavy atom. The van der Waals surface area contributed by atoms with Gasteiger partial charge in [-0.15, -0.1) is 0 Å². The molecule has 0 aliphatic carbocycles. The number of ether oxygens (including phenoxy) is 1. The van der Waals surface area contributed by atoms with Crippen molar-refractivity contribution in [2.45, 2.75) is 75.7 Å². The minimum Gasteiger partial charge on any atom is -0.475 e. The Morgan fingerprint density at radius 2 is 1.59 bits per heavy atom. The van der Waals surface area contributed by atoms with E-state index in [0.717, 1.165) is 29.5 Å². The minimum absolute atomic E-state index is 0.0607. The highest BCUT2D eigenvalue weighted by Gasteiger charge is 2.40. The molecular formula is C40H45F3N6O5. The lowest BCUT2D eigenvalue weighted by Crippen LogP contribution is -2.56. The van der Waals surface area contributed by atoms with Crippen LogP contribution in [0.4, 0.5) is 13.2 Å². The van der Waals surface area contributed by atoms with E-state index in [-0.39, 0.29) is 29.9 Å². The molecule has 0 bridgehead atoms. The summed E-state index contributed by atoms with van der Waals surface area (Å²) in [6, 6.07) is 31.4. The van der Waals surface area contributed by atoms with Gasteiger partial charge in [0, 0.05) is 32.1 Å². The number of aliphatic carboxylic acids is 1. The SMILES string of the molecule is NC(N)=NCCC[C@H]1C[C@H](OCc2ccc3ccccc3c2)CN1C(=O)[C@@H](Cc1ccccc1)NC(=O)[C@@H]1Cc2ccccc2CN1.O=C(O)C(F)(F)F. The van der Waals surface area contributed by atoms with Crippen molar-refractivity contribution < 1.29 is 37.4 Å². The Kier molecular flexibility index (Phi) is 13.6. The number of halogens is 3. The molecule has 0 spiro atoms. The van der Waals surface area contributed by atoms with Crippen LogP contribution in [-0.4, -0.2) is 77.2 Å². The molecule has 2 amide bonds. The van der Waals surface area contributed by atoms with Gasteiger partial charge in [0.05, 0.1) is 18.8 Å². The average Bonchev–Trinajstić information content (AvgIpc) is 3.57. The van der Waals surface area contributed by atoms with Crippen LogP contribution in [0.5, 0.6) is 0 Å². The number of hydrogen-bond acceptors (Lipinski definition) is 6. The van der Waals surface area contributed by atoms with Crippen LogP contribution in [-0.2, 0) is 45.1 Å². The Bertz CT molecular complexity index is 1920. The third-order valence-corrected chi connectivity index (χ3v) is 9.49. The van der Waals surface area contributed by atoms with E-state index in [9.17, 15) is 22.8 Å². The van der Waals surface area contributed by atoms with Gasteiger partial charge >= 0.3 is 12.1 Å². The number of carboxylic acid groups (broad SMARTS) is 1. The van der Waals surface area contributed by atoms with E-state index in [1.807, 2.05) is 59.5 Å². The molecule has 11 nitrogen and oxygen atoms in total. The molecule has 0 saturated carbocycles. The lowest BCUT2D eigenvalue weighted by molar-refractivity contribution is -0.192. The molecule has 2 aliphatic heterocycles. The van der Waals surface area contributed by atoms with Gasteiger partial charge in [0.2, 0.25) is 11.8 Å². The van der Waals surface area contributed by atoms with Crippen LogP contribution in [0, 0.1) is 0 Å². The molecule has 14 heteroatoms. The maximum absolute atomic E-state index is 14.5. The van der Waals surface area contributed by atoms with Gasteiger partial charge in [-0.1, -0.05) is 91.0 Å². The smallest absolute Gasteiger partial charge is 0.475 e. The number of carboxylic acids is 1. The second kappa shape index (κ2) is 18.5. The molecule has 4 atom stereocenters. The molecule has 4 aromatic rings. The number of fused-ring (bicyclic) bond motifs is 2. The summed E-state index contributed by atoms with van der Waals surface area (Å²) in [6.45, 7) is 2.01. The van der Waals surface area contributed by atoms with Gasteiger partial charge in [-0.2, -0.15) is 13.2 Å². The van der Waals surface area contributed by atoms with Crippen molar-refractivity contribution in [3.8, 4) is 0 Å². The molecular weight excluding hydrogens is 701 g/mol. The van der Waals surface area contributed by atoms with Crippen molar-refractivity contribution in [3.05, 3.63) is 119 Å². The summed E-state index contributed by atoms with van der Waals surface area (Å²) >= 11 is 0. The Hall–Kier alpha value is -5.47. The molecule has 1 fully saturated rings. The lowest BCUT2D eigenvalue weighted by Gasteiger charge is -2.31. The van der Waals surface area contributed by atoms with Crippen LogP contribution < -0.4 is 22.1 Å². The third-order valence-electron chi connectivity index (χ3n) is 9.49. The number of carbonyl (C=O) groups is 3. The van der Waals surface area contributed by atoms with Gasteiger partial charge in [0.15, 0.2) is 5.96 Å². The zero-order valence-electron chi connectivity index (χ0n) is 29.7. The van der Waals surface area contributed by atoms with Crippen molar-refractivity contribution in [2.75, 3.05) is 13.1 Å². The number of amides is 2. The number of aliphatic imine (C=N–C) groups is 1. The topological polar surface area (TPSA) is 172 Å². The summed E-state index contributed by atoms with van der Waals surface area (Å²) in [7, 11) is 0. The van der Waals surface area contributed by atoms with E-state index in [0.29, 0.717) is 45.5 Å². The van der Waals surface area contributed by atoms with Crippen molar-refractivity contribution in [3.63, 3.8) is 0 Å². The van der Waals surface area contributed by atoms with Gasteiger partial charge in [-0.3, -0.25) is 14.6 Å². The molecule has 6 rings (SSSR count). The molecule has 54 heavy (non-hydrogen) atoms. The molecule has 7 N–H and O–H groups in total. The predicted molar refractivity (Wildman–Crippen MR) is 199 cm³/mol. The van der Waals surface area contributed by atoms with Crippen LogP contribution in [0.1, 0.15) is 41.5 Å². The summed E-state index contributed by atoms with van der Waals surface area (Å²) in [6.07, 6.45) is -2.09. The first-order chi connectivity index (χ1) is 25.9. The van der Waals surface area contributed by atoms with E-state index < -0.39 is 24.2 Å².